The van der Waals surface area contributed by atoms with Gasteiger partial charge in [-0.3, -0.25) is 4.99 Å². The minimum absolute atomic E-state index is 0.616. The van der Waals surface area contributed by atoms with Gasteiger partial charge in [0.1, 0.15) is 0 Å². The quantitative estimate of drug-likeness (QED) is 0.627. The van der Waals surface area contributed by atoms with E-state index in [0.717, 1.165) is 0 Å². The first kappa shape index (κ1) is 13.7. The molecule has 92 valence electrons. The molecule has 1 aromatic carbocycles. The van der Waals surface area contributed by atoms with Crippen LogP contribution in [0.25, 0.3) is 5.57 Å². The molecule has 0 amide bonds. The van der Waals surface area contributed by atoms with E-state index in [-0.39, 0.29) is 0 Å². The maximum Gasteiger partial charge on any atom is 0.0299 e. The lowest BCUT2D eigenvalue weighted by Gasteiger charge is -2.15. The smallest absolute Gasteiger partial charge is 0.0299 e. The highest BCUT2D eigenvalue weighted by Gasteiger charge is 2.10. The van der Waals surface area contributed by atoms with Crippen molar-refractivity contribution >= 4 is 11.8 Å². The average Bonchev–Trinajstić information content (AvgIpc) is 2.36. The van der Waals surface area contributed by atoms with Crippen LogP contribution < -0.4 is 0 Å². The van der Waals surface area contributed by atoms with E-state index in [1.165, 1.54) is 29.5 Å². The standard InChI is InChI=1S/C16H23N/c1-5-9-13(3)15-10-7-8-11-16(15)14(4)12-17-6-2/h6-8,10-13H,5,9H2,1-4H3/b14-12+,17-6?. The van der Waals surface area contributed by atoms with Crippen LogP contribution in [0.2, 0.25) is 0 Å². The molecule has 0 heterocycles. The summed E-state index contributed by atoms with van der Waals surface area (Å²) in [5, 5.41) is 0. The van der Waals surface area contributed by atoms with Gasteiger partial charge in [-0.1, -0.05) is 44.5 Å². The molecule has 1 aromatic rings. The van der Waals surface area contributed by atoms with Crippen LogP contribution in [0.15, 0.2) is 35.5 Å². The van der Waals surface area contributed by atoms with Gasteiger partial charge in [0.15, 0.2) is 0 Å². The van der Waals surface area contributed by atoms with E-state index < -0.39 is 0 Å². The maximum atomic E-state index is 4.21. The molecule has 0 aliphatic heterocycles. The Bertz CT molecular complexity index is 402. The molecule has 1 heteroatoms. The summed E-state index contributed by atoms with van der Waals surface area (Å²) in [5.74, 6) is 0.616. The van der Waals surface area contributed by atoms with Gasteiger partial charge < -0.3 is 0 Å². The number of aliphatic imine (C=N–C) groups is 1. The normalized spacial score (nSPS) is 14.2. The molecule has 0 aliphatic carbocycles. The number of nitrogens with zero attached hydrogens (tertiary/aromatic N) is 1. The van der Waals surface area contributed by atoms with Crippen LogP contribution >= 0.6 is 0 Å². The van der Waals surface area contributed by atoms with E-state index in [2.05, 4.69) is 50.0 Å². The third-order valence-electron chi connectivity index (χ3n) is 3.06. The first-order chi connectivity index (χ1) is 8.20. The molecular formula is C16H23N. The van der Waals surface area contributed by atoms with Gasteiger partial charge in [0.2, 0.25) is 0 Å². The van der Waals surface area contributed by atoms with Crippen LogP contribution in [0, 0.1) is 0 Å². The molecule has 0 fully saturated rings. The van der Waals surface area contributed by atoms with Crippen molar-refractivity contribution in [3.63, 3.8) is 0 Å². The first-order valence-corrected chi connectivity index (χ1v) is 6.44. The number of hydrogen-bond acceptors (Lipinski definition) is 1. The van der Waals surface area contributed by atoms with Crippen molar-refractivity contribution in [3.05, 3.63) is 41.6 Å². The van der Waals surface area contributed by atoms with Crippen molar-refractivity contribution in [1.82, 2.24) is 0 Å². The third kappa shape index (κ3) is 3.85. The summed E-state index contributed by atoms with van der Waals surface area (Å²) in [6.45, 7) is 8.61. The zero-order valence-corrected chi connectivity index (χ0v) is 11.4. The number of benzene rings is 1. The second kappa shape index (κ2) is 7.05. The Morgan fingerprint density at radius 1 is 1.35 bits per heavy atom. The van der Waals surface area contributed by atoms with E-state index in [0.29, 0.717) is 5.92 Å². The Balaban J connectivity index is 3.07. The fourth-order valence-corrected chi connectivity index (χ4v) is 2.13. The lowest BCUT2D eigenvalue weighted by molar-refractivity contribution is 0.663. The fraction of sp³-hybridized carbons (Fsp3) is 0.438. The predicted molar refractivity (Wildman–Crippen MR) is 77.6 cm³/mol. The molecule has 0 radical (unpaired) electrons. The molecule has 1 nitrogen and oxygen atoms in total. The topological polar surface area (TPSA) is 12.4 Å². The number of rotatable bonds is 5. The summed E-state index contributed by atoms with van der Waals surface area (Å²) in [4.78, 5) is 4.21. The summed E-state index contributed by atoms with van der Waals surface area (Å²) in [5.41, 5.74) is 4.01. The maximum absolute atomic E-state index is 4.21. The van der Waals surface area contributed by atoms with Gasteiger partial charge in [0.05, 0.1) is 0 Å². The lowest BCUT2D eigenvalue weighted by atomic mass is 9.90. The molecule has 0 saturated carbocycles. The van der Waals surface area contributed by atoms with Crippen LogP contribution in [0.1, 0.15) is 57.6 Å². The summed E-state index contributed by atoms with van der Waals surface area (Å²) < 4.78 is 0. The molecule has 0 aromatic heterocycles. The van der Waals surface area contributed by atoms with Gasteiger partial charge in [0.25, 0.3) is 0 Å². The van der Waals surface area contributed by atoms with E-state index in [9.17, 15) is 0 Å². The van der Waals surface area contributed by atoms with Crippen LogP contribution in [0.5, 0.6) is 0 Å². The van der Waals surface area contributed by atoms with Gasteiger partial charge >= 0.3 is 0 Å². The van der Waals surface area contributed by atoms with Gasteiger partial charge in [-0.15, -0.1) is 0 Å². The van der Waals surface area contributed by atoms with Crippen molar-refractivity contribution in [2.24, 2.45) is 4.99 Å². The van der Waals surface area contributed by atoms with Crippen LogP contribution in [-0.4, -0.2) is 6.21 Å². The minimum atomic E-state index is 0.616. The highest BCUT2D eigenvalue weighted by Crippen LogP contribution is 2.28. The fourth-order valence-electron chi connectivity index (χ4n) is 2.13. The first-order valence-electron chi connectivity index (χ1n) is 6.44. The Morgan fingerprint density at radius 2 is 2.06 bits per heavy atom. The zero-order chi connectivity index (χ0) is 12.7. The van der Waals surface area contributed by atoms with E-state index in [1.807, 2.05) is 19.3 Å². The summed E-state index contributed by atoms with van der Waals surface area (Å²) >= 11 is 0. The van der Waals surface area contributed by atoms with Gasteiger partial charge in [-0.2, -0.15) is 0 Å². The molecule has 0 saturated heterocycles. The van der Waals surface area contributed by atoms with Crippen LogP contribution in [-0.2, 0) is 0 Å². The van der Waals surface area contributed by atoms with Gasteiger partial charge in [-0.05, 0) is 42.9 Å². The lowest BCUT2D eigenvalue weighted by Crippen LogP contribution is -1.97. The Morgan fingerprint density at radius 3 is 2.71 bits per heavy atom. The van der Waals surface area contributed by atoms with Crippen LogP contribution in [0.3, 0.4) is 0 Å². The van der Waals surface area contributed by atoms with Gasteiger partial charge in [-0.25, -0.2) is 0 Å². The number of hydrogen-bond donors (Lipinski definition) is 0. The predicted octanol–water partition coefficient (Wildman–Crippen LogP) is 5.04. The second-order valence-corrected chi connectivity index (χ2v) is 4.50. The van der Waals surface area contributed by atoms with Gasteiger partial charge in [0, 0.05) is 12.4 Å². The molecule has 1 rings (SSSR count). The Hall–Kier alpha value is -1.37. The van der Waals surface area contributed by atoms with E-state index in [4.69, 9.17) is 0 Å². The Labute approximate surface area is 105 Å². The van der Waals surface area contributed by atoms with E-state index in [1.54, 1.807) is 0 Å². The summed E-state index contributed by atoms with van der Waals surface area (Å²) in [6.07, 6.45) is 6.23. The Kier molecular flexibility index (Phi) is 5.68. The molecule has 17 heavy (non-hydrogen) atoms. The zero-order valence-electron chi connectivity index (χ0n) is 11.4. The second-order valence-electron chi connectivity index (χ2n) is 4.50. The molecule has 1 atom stereocenters. The van der Waals surface area contributed by atoms with Crippen molar-refractivity contribution < 1.29 is 0 Å². The number of allylic oxidation sites excluding steroid dienone is 1. The molecular weight excluding hydrogens is 206 g/mol. The van der Waals surface area contributed by atoms with Crippen molar-refractivity contribution in [2.45, 2.75) is 46.5 Å². The largest absolute Gasteiger partial charge is 0.269 e. The molecule has 0 aliphatic rings. The highest BCUT2D eigenvalue weighted by atomic mass is 14.7. The van der Waals surface area contributed by atoms with E-state index >= 15 is 0 Å². The molecule has 0 N–H and O–H groups in total. The van der Waals surface area contributed by atoms with Crippen molar-refractivity contribution in [1.29, 1.82) is 0 Å². The summed E-state index contributed by atoms with van der Waals surface area (Å²) in [7, 11) is 0. The molecule has 0 spiro atoms. The summed E-state index contributed by atoms with van der Waals surface area (Å²) in [6, 6.07) is 8.66. The molecule has 0 bridgehead atoms. The minimum Gasteiger partial charge on any atom is -0.269 e. The average molecular weight is 229 g/mol. The SMILES string of the molecule is CC=N/C=C(\C)c1ccccc1C(C)CCC. The van der Waals surface area contributed by atoms with Crippen LogP contribution in [0.4, 0.5) is 0 Å². The highest BCUT2D eigenvalue weighted by molar-refractivity contribution is 5.68. The third-order valence-corrected chi connectivity index (χ3v) is 3.06. The van der Waals surface area contributed by atoms with Crippen molar-refractivity contribution in [3.8, 4) is 0 Å². The van der Waals surface area contributed by atoms with Crippen molar-refractivity contribution in [2.75, 3.05) is 0 Å². The monoisotopic (exact) mass is 229 g/mol. The molecule has 1 unspecified atom stereocenters.